The molecule has 1 rings (SSSR count). The zero-order chi connectivity index (χ0) is 6.69. The minimum absolute atomic E-state index is 0.364. The SMILES string of the molecule is O=S([O-])NNC1CCC1. The molecule has 1 aliphatic rings. The topological polar surface area (TPSA) is 64.2 Å². The second kappa shape index (κ2) is 3.26. The molecule has 2 N–H and O–H groups in total. The van der Waals surface area contributed by atoms with Gasteiger partial charge in [0.2, 0.25) is 0 Å². The zero-order valence-corrected chi connectivity index (χ0v) is 5.74. The quantitative estimate of drug-likeness (QED) is 0.417. The minimum Gasteiger partial charge on any atom is -0.759 e. The summed E-state index contributed by atoms with van der Waals surface area (Å²) in [6.07, 6.45) is 3.35. The van der Waals surface area contributed by atoms with Crippen molar-refractivity contribution in [1.29, 1.82) is 0 Å². The molecular weight excluding hydrogens is 140 g/mol. The highest BCUT2D eigenvalue weighted by atomic mass is 32.2. The number of hydrazine groups is 1. The lowest BCUT2D eigenvalue weighted by molar-refractivity contribution is 0.325. The number of nitrogens with one attached hydrogen (secondary N) is 2. The van der Waals surface area contributed by atoms with Gasteiger partial charge in [-0.3, -0.25) is 4.21 Å². The summed E-state index contributed by atoms with van der Waals surface area (Å²) in [5.74, 6) is 0. The maximum atomic E-state index is 9.87. The molecule has 0 spiro atoms. The molecule has 0 radical (unpaired) electrons. The van der Waals surface area contributed by atoms with E-state index in [0.717, 1.165) is 12.8 Å². The van der Waals surface area contributed by atoms with E-state index in [2.05, 4.69) is 10.3 Å². The van der Waals surface area contributed by atoms with Crippen LogP contribution < -0.4 is 10.3 Å². The number of hydrogen-bond donors (Lipinski definition) is 2. The first-order valence-corrected chi connectivity index (χ1v) is 3.97. The van der Waals surface area contributed by atoms with Crippen LogP contribution in [0, 0.1) is 0 Å². The van der Waals surface area contributed by atoms with Gasteiger partial charge < -0.3 is 4.55 Å². The molecule has 1 atom stereocenters. The van der Waals surface area contributed by atoms with Gasteiger partial charge in [-0.15, -0.1) is 0 Å². The normalized spacial score (nSPS) is 23.2. The molecule has 4 nitrogen and oxygen atoms in total. The van der Waals surface area contributed by atoms with Gasteiger partial charge in [0.05, 0.1) is 0 Å². The summed E-state index contributed by atoms with van der Waals surface area (Å²) in [4.78, 5) is 2.11. The van der Waals surface area contributed by atoms with Gasteiger partial charge in [0.25, 0.3) is 0 Å². The van der Waals surface area contributed by atoms with Gasteiger partial charge in [0.1, 0.15) is 0 Å². The van der Waals surface area contributed by atoms with Gasteiger partial charge in [-0.05, 0) is 12.8 Å². The molecule has 0 aromatic rings. The smallest absolute Gasteiger partial charge is 0.0324 e. The minimum atomic E-state index is -2.16. The Morgan fingerprint density at radius 2 is 2.22 bits per heavy atom. The predicted molar refractivity (Wildman–Crippen MR) is 32.8 cm³/mol. The summed E-state index contributed by atoms with van der Waals surface area (Å²) in [6.45, 7) is 0. The highest BCUT2D eigenvalue weighted by Gasteiger charge is 2.15. The van der Waals surface area contributed by atoms with Crippen LogP contribution in [0.2, 0.25) is 0 Å². The standard InChI is InChI=1S/C4H10N2O2S/c7-9(8)6-5-4-2-1-3-4/h4-6H,1-3H2,(H,7,8)/p-1. The summed E-state index contributed by atoms with van der Waals surface area (Å²) in [5, 5.41) is 0. The fraction of sp³-hybridized carbons (Fsp3) is 1.00. The molecule has 1 unspecified atom stereocenters. The first-order chi connectivity index (χ1) is 4.29. The fourth-order valence-corrected chi connectivity index (χ4v) is 0.947. The fourth-order valence-electron chi connectivity index (χ4n) is 0.684. The summed E-state index contributed by atoms with van der Waals surface area (Å²) >= 11 is -2.16. The van der Waals surface area contributed by atoms with Crippen molar-refractivity contribution in [2.24, 2.45) is 0 Å². The predicted octanol–water partition coefficient (Wildman–Crippen LogP) is -0.573. The average Bonchev–Trinajstić information content (AvgIpc) is 1.60. The second-order valence-corrected chi connectivity index (χ2v) is 2.78. The molecular formula is C4H9N2O2S-. The Bertz CT molecular complexity index is 115. The van der Waals surface area contributed by atoms with Crippen molar-refractivity contribution in [2.75, 3.05) is 0 Å². The van der Waals surface area contributed by atoms with Crippen LogP contribution in [-0.4, -0.2) is 14.8 Å². The third-order valence-corrected chi connectivity index (χ3v) is 1.74. The summed E-state index contributed by atoms with van der Waals surface area (Å²) in [6, 6.07) is 0.364. The van der Waals surface area contributed by atoms with E-state index >= 15 is 0 Å². The molecule has 5 heteroatoms. The molecule has 54 valence electrons. The van der Waals surface area contributed by atoms with Crippen LogP contribution in [0.4, 0.5) is 0 Å². The van der Waals surface area contributed by atoms with E-state index in [1.807, 2.05) is 0 Å². The zero-order valence-electron chi connectivity index (χ0n) is 4.92. The van der Waals surface area contributed by atoms with Gasteiger partial charge >= 0.3 is 0 Å². The Morgan fingerprint density at radius 1 is 1.56 bits per heavy atom. The number of rotatable bonds is 3. The first kappa shape index (κ1) is 7.14. The number of hydrogen-bond acceptors (Lipinski definition) is 3. The van der Waals surface area contributed by atoms with Crippen molar-refractivity contribution in [3.8, 4) is 0 Å². The van der Waals surface area contributed by atoms with E-state index in [4.69, 9.17) is 0 Å². The van der Waals surface area contributed by atoms with Crippen LogP contribution in [0.1, 0.15) is 19.3 Å². The molecule has 0 heterocycles. The molecule has 0 amide bonds. The van der Waals surface area contributed by atoms with E-state index in [9.17, 15) is 8.76 Å². The van der Waals surface area contributed by atoms with E-state index in [1.165, 1.54) is 6.42 Å². The van der Waals surface area contributed by atoms with E-state index < -0.39 is 11.3 Å². The lowest BCUT2D eigenvalue weighted by atomic mass is 9.94. The Morgan fingerprint density at radius 3 is 2.56 bits per heavy atom. The van der Waals surface area contributed by atoms with Crippen molar-refractivity contribution in [3.63, 3.8) is 0 Å². The maximum absolute atomic E-state index is 9.87. The Balaban J connectivity index is 1.97. The van der Waals surface area contributed by atoms with Gasteiger partial charge in [-0.1, -0.05) is 6.42 Å². The van der Waals surface area contributed by atoms with Crippen LogP contribution >= 0.6 is 0 Å². The maximum Gasteiger partial charge on any atom is 0.0324 e. The molecule has 9 heavy (non-hydrogen) atoms. The van der Waals surface area contributed by atoms with E-state index in [1.54, 1.807) is 0 Å². The Hall–Kier alpha value is 0.0300. The lowest BCUT2D eigenvalue weighted by Gasteiger charge is -2.26. The monoisotopic (exact) mass is 149 g/mol. The van der Waals surface area contributed by atoms with E-state index in [0.29, 0.717) is 6.04 Å². The average molecular weight is 149 g/mol. The third-order valence-electron chi connectivity index (χ3n) is 1.45. The van der Waals surface area contributed by atoms with Crippen molar-refractivity contribution in [1.82, 2.24) is 10.3 Å². The third kappa shape index (κ3) is 2.40. The summed E-state index contributed by atoms with van der Waals surface area (Å²) in [7, 11) is 0. The highest BCUT2D eigenvalue weighted by Crippen LogP contribution is 2.16. The second-order valence-electron chi connectivity index (χ2n) is 2.11. The molecule has 1 saturated carbocycles. The van der Waals surface area contributed by atoms with Crippen LogP contribution in [-0.2, 0) is 11.3 Å². The van der Waals surface area contributed by atoms with Crippen molar-refractivity contribution in [3.05, 3.63) is 0 Å². The molecule has 0 saturated heterocycles. The Kier molecular flexibility index (Phi) is 2.59. The van der Waals surface area contributed by atoms with Crippen LogP contribution in [0.25, 0.3) is 0 Å². The molecule has 0 aromatic heterocycles. The van der Waals surface area contributed by atoms with Gasteiger partial charge in [-0.2, -0.15) is 4.83 Å². The molecule has 0 bridgehead atoms. The lowest BCUT2D eigenvalue weighted by Crippen LogP contribution is -2.45. The molecule has 1 aliphatic carbocycles. The van der Waals surface area contributed by atoms with Gasteiger partial charge in [0, 0.05) is 17.3 Å². The molecule has 1 fully saturated rings. The van der Waals surface area contributed by atoms with Crippen LogP contribution in [0.3, 0.4) is 0 Å². The van der Waals surface area contributed by atoms with Crippen LogP contribution in [0.15, 0.2) is 0 Å². The largest absolute Gasteiger partial charge is 0.759 e. The van der Waals surface area contributed by atoms with Gasteiger partial charge in [-0.25, -0.2) is 5.43 Å². The van der Waals surface area contributed by atoms with Crippen molar-refractivity contribution >= 4 is 11.3 Å². The molecule has 0 aromatic carbocycles. The molecule has 0 aliphatic heterocycles. The highest BCUT2D eigenvalue weighted by molar-refractivity contribution is 7.76. The van der Waals surface area contributed by atoms with E-state index in [-0.39, 0.29) is 0 Å². The Labute approximate surface area is 56.4 Å². The van der Waals surface area contributed by atoms with Gasteiger partial charge in [0.15, 0.2) is 0 Å². The summed E-state index contributed by atoms with van der Waals surface area (Å²) < 4.78 is 19.7. The van der Waals surface area contributed by atoms with Crippen molar-refractivity contribution < 1.29 is 8.76 Å². The van der Waals surface area contributed by atoms with Crippen LogP contribution in [0.5, 0.6) is 0 Å². The van der Waals surface area contributed by atoms with Crippen molar-refractivity contribution in [2.45, 2.75) is 25.3 Å². The first-order valence-electron chi connectivity index (χ1n) is 2.89. The summed E-state index contributed by atoms with van der Waals surface area (Å²) in [5.41, 5.74) is 2.66.